The van der Waals surface area contributed by atoms with Crippen molar-refractivity contribution in [2.75, 3.05) is 6.61 Å². The number of benzene rings is 2. The summed E-state index contributed by atoms with van der Waals surface area (Å²) in [6.07, 6.45) is 4.10. The van der Waals surface area contributed by atoms with E-state index in [9.17, 15) is 19.5 Å². The Morgan fingerprint density at radius 3 is 2.23 bits per heavy atom. The van der Waals surface area contributed by atoms with Crippen molar-refractivity contribution in [1.82, 2.24) is 10.6 Å². The van der Waals surface area contributed by atoms with Crippen molar-refractivity contribution in [3.8, 4) is 11.1 Å². The average Bonchev–Trinajstić information content (AvgIpc) is 2.98. The Bertz CT molecular complexity index is 1020. The van der Waals surface area contributed by atoms with Crippen LogP contribution in [0.1, 0.15) is 68.9 Å². The molecule has 0 aromatic heterocycles. The second-order valence-corrected chi connectivity index (χ2v) is 9.54. The van der Waals surface area contributed by atoms with E-state index in [-0.39, 0.29) is 36.9 Å². The molecule has 186 valence electrons. The third-order valence-electron chi connectivity index (χ3n) is 7.27. The van der Waals surface area contributed by atoms with E-state index in [1.807, 2.05) is 31.2 Å². The summed E-state index contributed by atoms with van der Waals surface area (Å²) in [5.41, 5.74) is 4.62. The van der Waals surface area contributed by atoms with Gasteiger partial charge in [0.25, 0.3) is 0 Å². The fourth-order valence-corrected chi connectivity index (χ4v) is 5.37. The molecule has 0 radical (unpaired) electrons. The van der Waals surface area contributed by atoms with E-state index >= 15 is 0 Å². The Labute approximate surface area is 206 Å². The molecule has 2 aromatic carbocycles. The van der Waals surface area contributed by atoms with Gasteiger partial charge in [0.15, 0.2) is 0 Å². The van der Waals surface area contributed by atoms with Gasteiger partial charge in [-0.1, -0.05) is 74.7 Å². The van der Waals surface area contributed by atoms with E-state index < -0.39 is 18.0 Å². The van der Waals surface area contributed by atoms with Crippen LogP contribution >= 0.6 is 0 Å². The SMILES string of the molecule is CC[C@@H](CC(=O)NC1CCCCCC1C(=O)O)NC(=O)OCC1c2ccccc2-c2ccccc21. The number of carboxylic acids is 1. The molecule has 7 heteroatoms. The van der Waals surface area contributed by atoms with Crippen molar-refractivity contribution in [2.45, 2.75) is 69.9 Å². The van der Waals surface area contributed by atoms with Crippen LogP contribution in [0.4, 0.5) is 4.79 Å². The maximum Gasteiger partial charge on any atom is 0.407 e. The second kappa shape index (κ2) is 11.4. The standard InChI is InChI=1S/C28H34N2O5/c1-2-18(16-26(31)30-25-15-5-3-4-14-23(25)27(32)33)29-28(34)35-17-24-21-12-8-6-10-19(21)20-11-7-9-13-22(20)24/h6-13,18,23-25H,2-5,14-17H2,1H3,(H,29,34)(H,30,31)(H,32,33)/t18-,23?,25?/m0/s1. The minimum atomic E-state index is -0.860. The number of hydrogen-bond acceptors (Lipinski definition) is 4. The number of fused-ring (bicyclic) bond motifs is 3. The number of alkyl carbamates (subject to hydrolysis) is 1. The maximum absolute atomic E-state index is 12.7. The number of carbonyl (C=O) groups excluding carboxylic acids is 2. The number of carboxylic acid groups (broad SMARTS) is 1. The summed E-state index contributed by atoms with van der Waals surface area (Å²) in [7, 11) is 0. The smallest absolute Gasteiger partial charge is 0.407 e. The summed E-state index contributed by atoms with van der Waals surface area (Å²) < 4.78 is 5.61. The Balaban J connectivity index is 1.31. The molecule has 4 rings (SSSR count). The highest BCUT2D eigenvalue weighted by molar-refractivity contribution is 5.80. The first kappa shape index (κ1) is 24.8. The average molecular weight is 479 g/mol. The topological polar surface area (TPSA) is 105 Å². The molecule has 2 unspecified atom stereocenters. The number of nitrogens with one attached hydrogen (secondary N) is 2. The fourth-order valence-electron chi connectivity index (χ4n) is 5.37. The van der Waals surface area contributed by atoms with Gasteiger partial charge in [0.05, 0.1) is 5.92 Å². The lowest BCUT2D eigenvalue weighted by atomic mass is 9.94. The molecule has 0 bridgehead atoms. The molecule has 35 heavy (non-hydrogen) atoms. The molecule has 3 N–H and O–H groups in total. The zero-order valence-electron chi connectivity index (χ0n) is 20.2. The molecule has 0 aliphatic heterocycles. The van der Waals surface area contributed by atoms with Crippen molar-refractivity contribution in [1.29, 1.82) is 0 Å². The zero-order valence-corrected chi connectivity index (χ0v) is 20.2. The summed E-state index contributed by atoms with van der Waals surface area (Å²) in [6, 6.07) is 15.6. The number of aliphatic carboxylic acids is 1. The molecule has 0 spiro atoms. The van der Waals surface area contributed by atoms with Gasteiger partial charge in [-0.05, 0) is 41.5 Å². The van der Waals surface area contributed by atoms with E-state index in [4.69, 9.17) is 4.74 Å². The van der Waals surface area contributed by atoms with Gasteiger partial charge >= 0.3 is 12.1 Å². The predicted octanol–water partition coefficient (Wildman–Crippen LogP) is 4.84. The lowest BCUT2D eigenvalue weighted by Gasteiger charge is -2.24. The van der Waals surface area contributed by atoms with Crippen LogP contribution in [0.5, 0.6) is 0 Å². The largest absolute Gasteiger partial charge is 0.481 e. The van der Waals surface area contributed by atoms with Crippen molar-refractivity contribution in [2.24, 2.45) is 5.92 Å². The molecule has 2 aromatic rings. The van der Waals surface area contributed by atoms with Gasteiger partial charge in [-0.25, -0.2) is 4.79 Å². The number of carbonyl (C=O) groups is 3. The van der Waals surface area contributed by atoms with E-state index in [0.29, 0.717) is 19.3 Å². The molecule has 1 saturated carbocycles. The molecule has 0 saturated heterocycles. The van der Waals surface area contributed by atoms with Crippen molar-refractivity contribution in [3.63, 3.8) is 0 Å². The first-order valence-corrected chi connectivity index (χ1v) is 12.6. The summed E-state index contributed by atoms with van der Waals surface area (Å²) in [4.78, 5) is 36.9. The van der Waals surface area contributed by atoms with Crippen molar-refractivity contribution >= 4 is 18.0 Å². The van der Waals surface area contributed by atoms with Crippen LogP contribution in [0.15, 0.2) is 48.5 Å². The quantitative estimate of drug-likeness (QED) is 0.471. The number of ether oxygens (including phenoxy) is 1. The molecule has 1 fully saturated rings. The van der Waals surface area contributed by atoms with Crippen molar-refractivity contribution in [3.05, 3.63) is 59.7 Å². The molecule has 7 nitrogen and oxygen atoms in total. The van der Waals surface area contributed by atoms with Gasteiger partial charge in [0.1, 0.15) is 6.61 Å². The van der Waals surface area contributed by atoms with Gasteiger partial charge in [0, 0.05) is 24.4 Å². The normalized spacial score (nSPS) is 20.1. The van der Waals surface area contributed by atoms with E-state index in [0.717, 1.165) is 30.4 Å². The van der Waals surface area contributed by atoms with Crippen LogP contribution in [0, 0.1) is 5.92 Å². The summed E-state index contributed by atoms with van der Waals surface area (Å²) >= 11 is 0. The van der Waals surface area contributed by atoms with Crippen LogP contribution in [0.3, 0.4) is 0 Å². The van der Waals surface area contributed by atoms with E-state index in [1.165, 1.54) is 11.1 Å². The lowest BCUT2D eigenvalue weighted by molar-refractivity contribution is -0.143. The second-order valence-electron chi connectivity index (χ2n) is 9.54. The molecular formula is C28H34N2O5. The molecular weight excluding hydrogens is 444 g/mol. The summed E-state index contributed by atoms with van der Waals surface area (Å²) in [5, 5.41) is 15.3. The lowest BCUT2D eigenvalue weighted by Crippen LogP contribution is -2.45. The fraction of sp³-hybridized carbons (Fsp3) is 0.464. The highest BCUT2D eigenvalue weighted by Gasteiger charge is 2.32. The highest BCUT2D eigenvalue weighted by Crippen LogP contribution is 2.44. The monoisotopic (exact) mass is 478 g/mol. The van der Waals surface area contributed by atoms with Gasteiger partial charge in [0.2, 0.25) is 5.91 Å². The molecule has 2 amide bonds. The van der Waals surface area contributed by atoms with Crippen LogP contribution in [0.2, 0.25) is 0 Å². The van der Waals surface area contributed by atoms with Gasteiger partial charge in [-0.15, -0.1) is 0 Å². The molecule has 2 aliphatic rings. The van der Waals surface area contributed by atoms with Gasteiger partial charge in [-0.3, -0.25) is 9.59 Å². The Kier molecular flexibility index (Phi) is 8.06. The molecule has 3 atom stereocenters. The first-order valence-electron chi connectivity index (χ1n) is 12.6. The van der Waals surface area contributed by atoms with E-state index in [1.54, 1.807) is 0 Å². The predicted molar refractivity (Wildman–Crippen MR) is 133 cm³/mol. The number of hydrogen-bond donors (Lipinski definition) is 3. The summed E-state index contributed by atoms with van der Waals surface area (Å²) in [5.74, 6) is -1.69. The van der Waals surface area contributed by atoms with Crippen molar-refractivity contribution < 1.29 is 24.2 Å². The zero-order chi connectivity index (χ0) is 24.8. The Hall–Kier alpha value is -3.35. The minimum absolute atomic E-state index is 0.0280. The number of rotatable bonds is 8. The highest BCUT2D eigenvalue weighted by atomic mass is 16.5. The molecule has 0 heterocycles. The molecule has 2 aliphatic carbocycles. The van der Waals surface area contributed by atoms with Crippen LogP contribution in [-0.2, 0) is 14.3 Å². The van der Waals surface area contributed by atoms with Gasteiger partial charge in [-0.2, -0.15) is 0 Å². The third kappa shape index (κ3) is 5.84. The Morgan fingerprint density at radius 1 is 0.971 bits per heavy atom. The van der Waals surface area contributed by atoms with Crippen LogP contribution in [0.25, 0.3) is 11.1 Å². The Morgan fingerprint density at radius 2 is 1.60 bits per heavy atom. The van der Waals surface area contributed by atoms with Crippen LogP contribution in [-0.4, -0.2) is 41.8 Å². The van der Waals surface area contributed by atoms with Crippen LogP contribution < -0.4 is 10.6 Å². The maximum atomic E-state index is 12.7. The minimum Gasteiger partial charge on any atom is -0.481 e. The third-order valence-corrected chi connectivity index (χ3v) is 7.27. The van der Waals surface area contributed by atoms with Gasteiger partial charge < -0.3 is 20.5 Å². The summed E-state index contributed by atoms with van der Waals surface area (Å²) in [6.45, 7) is 2.11. The first-order chi connectivity index (χ1) is 17.0. The number of amides is 2. The van der Waals surface area contributed by atoms with E-state index in [2.05, 4.69) is 34.9 Å².